The lowest BCUT2D eigenvalue weighted by Gasteiger charge is -2.44. The van der Waals surface area contributed by atoms with Crippen molar-refractivity contribution in [3.05, 3.63) is 11.1 Å². The minimum absolute atomic E-state index is 0.00521. The van der Waals surface area contributed by atoms with Crippen molar-refractivity contribution in [2.75, 3.05) is 11.2 Å². The van der Waals surface area contributed by atoms with Crippen molar-refractivity contribution in [2.45, 2.75) is 78.8 Å². The number of aliphatic hydroxyl groups excluding tert-OH is 1. The van der Waals surface area contributed by atoms with Crippen LogP contribution in [0.1, 0.15) is 59.4 Å². The number of alkyl halides is 1. The molecule has 8 heteroatoms. The van der Waals surface area contributed by atoms with Gasteiger partial charge in [-0.2, -0.15) is 0 Å². The first-order chi connectivity index (χ1) is 12.1. The van der Waals surface area contributed by atoms with E-state index < -0.39 is 25.9 Å². The fraction of sp³-hybridized carbons (Fsp3) is 0.789. The molecule has 0 unspecified atom stereocenters. The number of carbonyl (C=O) groups excluding carboxylic acids is 1. The van der Waals surface area contributed by atoms with Crippen molar-refractivity contribution >= 4 is 42.3 Å². The highest BCUT2D eigenvalue weighted by molar-refractivity contribution is 7.15. The van der Waals surface area contributed by atoms with Gasteiger partial charge in [0.1, 0.15) is 6.10 Å². The maximum absolute atomic E-state index is 12.2. The van der Waals surface area contributed by atoms with E-state index in [4.69, 9.17) is 16.0 Å². The molecule has 0 radical (unpaired) electrons. The maximum atomic E-state index is 12.2. The highest BCUT2D eigenvalue weighted by atomic mass is 35.5. The summed E-state index contributed by atoms with van der Waals surface area (Å²) in [5.74, 6) is 0.407. The van der Waals surface area contributed by atoms with Gasteiger partial charge in [0.15, 0.2) is 13.4 Å². The summed E-state index contributed by atoms with van der Waals surface area (Å²) in [6.07, 6.45) is 0.268. The van der Waals surface area contributed by atoms with Gasteiger partial charge in [-0.25, -0.2) is 4.98 Å². The molecule has 5 nitrogen and oxygen atoms in total. The molecule has 0 aliphatic carbocycles. The van der Waals surface area contributed by atoms with Gasteiger partial charge in [0.2, 0.25) is 5.91 Å². The summed E-state index contributed by atoms with van der Waals surface area (Å²) < 4.78 is 6.55. The van der Waals surface area contributed by atoms with Crippen LogP contribution >= 0.6 is 22.9 Å². The Hall–Kier alpha value is -0.473. The summed E-state index contributed by atoms with van der Waals surface area (Å²) in [5.41, 5.74) is -0.506. The number of anilines is 1. The second-order valence-corrected chi connectivity index (χ2v) is 15.3. The predicted molar refractivity (Wildman–Crippen MR) is 117 cm³/mol. The summed E-state index contributed by atoms with van der Waals surface area (Å²) in [4.78, 5) is 17.3. The van der Waals surface area contributed by atoms with E-state index in [1.807, 2.05) is 20.8 Å². The number of halogens is 1. The van der Waals surface area contributed by atoms with Crippen LogP contribution < -0.4 is 5.32 Å². The molecule has 0 bridgehead atoms. The van der Waals surface area contributed by atoms with Crippen LogP contribution in [0.4, 0.5) is 5.13 Å². The lowest BCUT2D eigenvalue weighted by Crippen LogP contribution is -2.47. The fourth-order valence-corrected chi connectivity index (χ4v) is 6.09. The number of rotatable bonds is 8. The summed E-state index contributed by atoms with van der Waals surface area (Å²) in [6, 6.07) is 0. The normalized spacial score (nSPS) is 15.7. The van der Waals surface area contributed by atoms with Gasteiger partial charge >= 0.3 is 0 Å². The average molecular weight is 435 g/mol. The first-order valence-corrected chi connectivity index (χ1v) is 13.6. The summed E-state index contributed by atoms with van der Waals surface area (Å²) in [5, 5.41) is 13.9. The molecular weight excluding hydrogens is 400 g/mol. The number of thiazole rings is 1. The van der Waals surface area contributed by atoms with Gasteiger partial charge < -0.3 is 14.8 Å². The minimum Gasteiger partial charge on any atom is -0.406 e. The molecule has 0 aliphatic rings. The van der Waals surface area contributed by atoms with E-state index in [9.17, 15) is 9.90 Å². The molecule has 156 valence electrons. The van der Waals surface area contributed by atoms with Crippen LogP contribution in [0.3, 0.4) is 0 Å². The number of carbonyl (C=O) groups is 1. The zero-order valence-electron chi connectivity index (χ0n) is 18.0. The monoisotopic (exact) mass is 434 g/mol. The molecule has 0 saturated carbocycles. The molecule has 0 fully saturated rings. The lowest BCUT2D eigenvalue weighted by molar-refractivity contribution is -0.123. The highest BCUT2D eigenvalue weighted by Crippen LogP contribution is 2.47. The molecule has 1 aromatic heterocycles. The van der Waals surface area contributed by atoms with Gasteiger partial charge in [0, 0.05) is 11.6 Å². The van der Waals surface area contributed by atoms with Gasteiger partial charge in [-0.1, -0.05) is 59.8 Å². The summed E-state index contributed by atoms with van der Waals surface area (Å²) in [6.45, 7) is 18.7. The fourth-order valence-electron chi connectivity index (χ4n) is 2.33. The van der Waals surface area contributed by atoms with Gasteiger partial charge in [-0.3, -0.25) is 4.79 Å². The topological polar surface area (TPSA) is 71.5 Å². The van der Waals surface area contributed by atoms with Crippen molar-refractivity contribution in [2.24, 2.45) is 11.3 Å². The van der Waals surface area contributed by atoms with Gasteiger partial charge in [-0.15, -0.1) is 11.6 Å². The van der Waals surface area contributed by atoms with Gasteiger partial charge in [0.05, 0.1) is 16.9 Å². The maximum Gasteiger partial charge on any atom is 0.231 e. The van der Waals surface area contributed by atoms with Crippen molar-refractivity contribution in [1.29, 1.82) is 0 Å². The van der Waals surface area contributed by atoms with E-state index in [1.165, 1.54) is 11.3 Å². The lowest BCUT2D eigenvalue weighted by atomic mass is 9.96. The predicted octanol–water partition coefficient (Wildman–Crippen LogP) is 5.43. The molecule has 2 atom stereocenters. The van der Waals surface area contributed by atoms with Crippen molar-refractivity contribution in [3.8, 4) is 0 Å². The van der Waals surface area contributed by atoms with E-state index in [2.05, 4.69) is 51.1 Å². The minimum atomic E-state index is -2.20. The molecular formula is C19H35ClN2O3SSi. The van der Waals surface area contributed by atoms with Crippen LogP contribution in [-0.4, -0.2) is 36.3 Å². The Labute approximate surface area is 174 Å². The molecule has 0 aliphatic heterocycles. The molecule has 2 N–H and O–H groups in total. The number of nitrogens with one attached hydrogen (secondary N) is 1. The molecule has 0 saturated heterocycles. The number of nitrogens with zero attached hydrogens (tertiary/aromatic N) is 1. The zero-order chi connectivity index (χ0) is 21.2. The largest absolute Gasteiger partial charge is 0.406 e. The number of amides is 1. The Balaban J connectivity index is 3.11. The first-order valence-electron chi connectivity index (χ1n) is 9.32. The van der Waals surface area contributed by atoms with E-state index in [1.54, 1.807) is 6.20 Å². The molecule has 0 aromatic carbocycles. The second kappa shape index (κ2) is 8.90. The second-order valence-electron chi connectivity index (χ2n) is 9.42. The van der Waals surface area contributed by atoms with Crippen LogP contribution in [0, 0.1) is 11.3 Å². The van der Waals surface area contributed by atoms with Gasteiger partial charge in [0.25, 0.3) is 0 Å². The molecule has 1 heterocycles. The standard InChI is InChI=1S/C19H35ClN2O3SSi/c1-12(2)19(6,7)27(8,9)25-15(13(23)10-20)14-11-21-17(26-14)22-16(24)18(3,4)5/h11-13,15,23H,10H2,1-9H3,(H,21,22,24)/t13-,15+/m1/s1. The van der Waals surface area contributed by atoms with E-state index in [-0.39, 0.29) is 16.8 Å². The third-order valence-corrected chi connectivity index (χ3v) is 11.4. The third-order valence-electron chi connectivity index (χ3n) is 5.63. The summed E-state index contributed by atoms with van der Waals surface area (Å²) in [7, 11) is -2.20. The quantitative estimate of drug-likeness (QED) is 0.422. The van der Waals surface area contributed by atoms with Crippen molar-refractivity contribution in [1.82, 2.24) is 4.98 Å². The molecule has 1 aromatic rings. The number of hydrogen-bond donors (Lipinski definition) is 2. The van der Waals surface area contributed by atoms with Crippen LogP contribution in [0.15, 0.2) is 6.20 Å². The highest BCUT2D eigenvalue weighted by Gasteiger charge is 2.46. The summed E-state index contributed by atoms with van der Waals surface area (Å²) >= 11 is 7.28. The van der Waals surface area contributed by atoms with E-state index >= 15 is 0 Å². The Morgan fingerprint density at radius 3 is 2.33 bits per heavy atom. The van der Waals surface area contributed by atoms with Crippen molar-refractivity contribution in [3.63, 3.8) is 0 Å². The van der Waals surface area contributed by atoms with Crippen LogP contribution in [0.2, 0.25) is 18.1 Å². The van der Waals surface area contributed by atoms with Crippen LogP contribution in [0.5, 0.6) is 0 Å². The smallest absolute Gasteiger partial charge is 0.231 e. The number of hydrogen-bond acceptors (Lipinski definition) is 5. The van der Waals surface area contributed by atoms with E-state index in [0.717, 1.165) is 4.88 Å². The molecule has 0 spiro atoms. The Kier molecular flexibility index (Phi) is 8.10. The van der Waals surface area contributed by atoms with E-state index in [0.29, 0.717) is 11.0 Å². The Morgan fingerprint density at radius 1 is 1.33 bits per heavy atom. The molecule has 1 amide bonds. The first kappa shape index (κ1) is 24.6. The molecule has 1 rings (SSSR count). The SMILES string of the molecule is CC(C)C(C)(C)[Si](C)(C)O[C@H](c1cnc(NC(=O)C(C)(C)C)s1)[C@H](O)CCl. The van der Waals surface area contributed by atoms with Gasteiger partial charge in [-0.05, 0) is 24.1 Å². The Bertz CT molecular complexity index is 641. The Morgan fingerprint density at radius 2 is 1.89 bits per heavy atom. The zero-order valence-corrected chi connectivity index (χ0v) is 20.6. The average Bonchev–Trinajstić information content (AvgIpc) is 2.98. The third kappa shape index (κ3) is 6.00. The number of aromatic nitrogens is 1. The van der Waals surface area contributed by atoms with Crippen LogP contribution in [-0.2, 0) is 9.22 Å². The van der Waals surface area contributed by atoms with Crippen molar-refractivity contribution < 1.29 is 14.3 Å². The molecule has 27 heavy (non-hydrogen) atoms. The van der Waals surface area contributed by atoms with Crippen LogP contribution in [0.25, 0.3) is 0 Å². The number of aliphatic hydroxyl groups is 1.